The Morgan fingerprint density at radius 1 is 0.545 bits per heavy atom. The second-order valence-electron chi connectivity index (χ2n) is 14.7. The average molecular weight is 588 g/mol. The van der Waals surface area contributed by atoms with E-state index in [2.05, 4.69) is 172 Å². The Kier molecular flexibility index (Phi) is 6.53. The van der Waals surface area contributed by atoms with E-state index in [1.54, 1.807) is 0 Å². The van der Waals surface area contributed by atoms with Crippen molar-refractivity contribution >= 4 is 72.7 Å². The van der Waals surface area contributed by atoms with Crippen LogP contribution in [0.5, 0.6) is 0 Å². The lowest BCUT2D eigenvalue weighted by Gasteiger charge is -2.45. The molecule has 7 rings (SSSR count). The molecule has 5 aromatic carbocycles. The summed E-state index contributed by atoms with van der Waals surface area (Å²) < 4.78 is 0. The molecule has 0 amide bonds. The van der Waals surface area contributed by atoms with E-state index in [0.717, 1.165) is 5.19 Å². The minimum Gasteiger partial charge on any atom is -0.311 e. The summed E-state index contributed by atoms with van der Waals surface area (Å²) in [6.45, 7) is 18.3. The maximum absolute atomic E-state index is 3.91. The van der Waals surface area contributed by atoms with E-state index < -0.39 is 0 Å². The molecule has 0 saturated heterocycles. The highest BCUT2D eigenvalue weighted by Crippen LogP contribution is 2.45. The standard InChI is InChI=1S/C40H40BN2Si/c1-25-21-36-38-37(22-25)43(33-12-10-9-11-26(33)2)35-20-18-30(44)24-32(35)41(38)31-23-28(40(6,7)8)15-19-34(31)42(36)29-16-13-27(14-17-29)39(3,4)5/h9-24H,1-8H3. The van der Waals surface area contributed by atoms with Gasteiger partial charge in [-0.3, -0.25) is 0 Å². The highest BCUT2D eigenvalue weighted by atomic mass is 28.1. The Morgan fingerprint density at radius 3 is 1.77 bits per heavy atom. The van der Waals surface area contributed by atoms with Gasteiger partial charge in [-0.15, -0.1) is 0 Å². The molecule has 2 aliphatic heterocycles. The lowest BCUT2D eigenvalue weighted by molar-refractivity contribution is 0.590. The number of rotatable bonds is 2. The fourth-order valence-corrected chi connectivity index (χ4v) is 7.31. The van der Waals surface area contributed by atoms with Gasteiger partial charge >= 0.3 is 0 Å². The summed E-state index contributed by atoms with van der Waals surface area (Å²) in [5, 5.41) is 1.10. The number of hydrogen-bond donors (Lipinski definition) is 0. The summed E-state index contributed by atoms with van der Waals surface area (Å²) in [5.41, 5.74) is 16.8. The maximum atomic E-state index is 3.91. The third-order valence-electron chi connectivity index (χ3n) is 9.42. The van der Waals surface area contributed by atoms with Crippen LogP contribution in [0.3, 0.4) is 0 Å². The molecule has 217 valence electrons. The smallest absolute Gasteiger partial charge is 0.252 e. The van der Waals surface area contributed by atoms with E-state index >= 15 is 0 Å². The number of nitrogens with zero attached hydrogens (tertiary/aromatic N) is 2. The van der Waals surface area contributed by atoms with Gasteiger partial charge in [0.05, 0.1) is 10.2 Å². The summed E-state index contributed by atoms with van der Waals surface area (Å²) in [6.07, 6.45) is 0. The average Bonchev–Trinajstić information content (AvgIpc) is 2.96. The lowest BCUT2D eigenvalue weighted by atomic mass is 9.33. The molecule has 3 radical (unpaired) electrons. The van der Waals surface area contributed by atoms with Crippen LogP contribution >= 0.6 is 0 Å². The largest absolute Gasteiger partial charge is 0.311 e. The third-order valence-corrected chi connectivity index (χ3v) is 9.73. The number of fused-ring (bicyclic) bond motifs is 4. The van der Waals surface area contributed by atoms with Gasteiger partial charge in [0.25, 0.3) is 6.71 Å². The van der Waals surface area contributed by atoms with Crippen LogP contribution in [0.1, 0.15) is 63.8 Å². The van der Waals surface area contributed by atoms with E-state index in [0.29, 0.717) is 0 Å². The van der Waals surface area contributed by atoms with Crippen LogP contribution in [0, 0.1) is 13.8 Å². The van der Waals surface area contributed by atoms with Gasteiger partial charge in [-0.2, -0.15) is 0 Å². The fourth-order valence-electron chi connectivity index (χ4n) is 7.07. The minimum absolute atomic E-state index is 0.0339. The van der Waals surface area contributed by atoms with Crippen LogP contribution in [0.25, 0.3) is 0 Å². The Morgan fingerprint density at radius 2 is 1.11 bits per heavy atom. The van der Waals surface area contributed by atoms with Gasteiger partial charge in [-0.1, -0.05) is 101 Å². The van der Waals surface area contributed by atoms with Crippen molar-refractivity contribution in [1.29, 1.82) is 0 Å². The van der Waals surface area contributed by atoms with Crippen molar-refractivity contribution in [2.75, 3.05) is 9.80 Å². The van der Waals surface area contributed by atoms with Gasteiger partial charge in [0.1, 0.15) is 0 Å². The van der Waals surface area contributed by atoms with Crippen LogP contribution in [0.4, 0.5) is 34.1 Å². The van der Waals surface area contributed by atoms with Crippen molar-refractivity contribution in [3.05, 3.63) is 119 Å². The number of hydrogen-bond acceptors (Lipinski definition) is 2. The zero-order valence-corrected chi connectivity index (χ0v) is 28.2. The van der Waals surface area contributed by atoms with Crippen molar-refractivity contribution in [2.45, 2.75) is 66.2 Å². The first-order valence-corrected chi connectivity index (χ1v) is 16.2. The fraction of sp³-hybridized carbons (Fsp3) is 0.250. The third kappa shape index (κ3) is 4.54. The molecule has 0 atom stereocenters. The molecule has 0 fully saturated rings. The Balaban J connectivity index is 1.58. The quantitative estimate of drug-likeness (QED) is 0.191. The summed E-state index contributed by atoms with van der Waals surface area (Å²) in [7, 11) is 3.91. The Labute approximate surface area is 267 Å². The van der Waals surface area contributed by atoms with Crippen LogP contribution in [-0.4, -0.2) is 17.0 Å². The molecule has 44 heavy (non-hydrogen) atoms. The number of benzene rings is 5. The zero-order valence-electron chi connectivity index (χ0n) is 27.2. The van der Waals surface area contributed by atoms with Gasteiger partial charge in [0.2, 0.25) is 0 Å². The van der Waals surface area contributed by atoms with Crippen molar-refractivity contribution in [3.8, 4) is 0 Å². The molecular formula is C40H40BN2Si. The number of aryl methyl sites for hydroxylation is 2. The highest BCUT2D eigenvalue weighted by Gasteiger charge is 2.44. The molecule has 0 spiro atoms. The summed E-state index contributed by atoms with van der Waals surface area (Å²) in [6, 6.07) is 36.8. The Hall–Kier alpha value is -4.02. The molecule has 0 unspecified atom stereocenters. The van der Waals surface area contributed by atoms with Gasteiger partial charge in [-0.05, 0) is 106 Å². The maximum Gasteiger partial charge on any atom is 0.252 e. The van der Waals surface area contributed by atoms with Gasteiger partial charge in [0, 0.05) is 34.1 Å². The summed E-state index contributed by atoms with van der Waals surface area (Å²) >= 11 is 0. The normalized spacial score (nSPS) is 13.9. The van der Waals surface area contributed by atoms with Crippen molar-refractivity contribution in [1.82, 2.24) is 0 Å². The first kappa shape index (κ1) is 28.7. The van der Waals surface area contributed by atoms with E-state index in [-0.39, 0.29) is 17.5 Å². The number of anilines is 6. The van der Waals surface area contributed by atoms with E-state index in [4.69, 9.17) is 0 Å². The molecule has 2 heterocycles. The highest BCUT2D eigenvalue weighted by molar-refractivity contribution is 7.00. The Bertz CT molecular complexity index is 1930. The first-order chi connectivity index (χ1) is 20.8. The molecule has 0 aliphatic carbocycles. The van der Waals surface area contributed by atoms with Gasteiger partial charge in [-0.25, -0.2) is 0 Å². The van der Waals surface area contributed by atoms with Crippen LogP contribution in [0.2, 0.25) is 0 Å². The van der Waals surface area contributed by atoms with Crippen LogP contribution in [-0.2, 0) is 10.8 Å². The predicted octanol–water partition coefficient (Wildman–Crippen LogP) is 7.77. The van der Waals surface area contributed by atoms with Crippen molar-refractivity contribution < 1.29 is 0 Å². The van der Waals surface area contributed by atoms with Crippen LogP contribution < -0.4 is 31.4 Å². The molecule has 2 aliphatic rings. The second kappa shape index (κ2) is 10.0. The summed E-state index contributed by atoms with van der Waals surface area (Å²) in [5.74, 6) is 0. The van der Waals surface area contributed by atoms with E-state index in [9.17, 15) is 0 Å². The molecule has 0 aromatic heterocycles. The topological polar surface area (TPSA) is 6.48 Å². The van der Waals surface area contributed by atoms with Crippen LogP contribution in [0.15, 0.2) is 97.1 Å². The first-order valence-electron chi connectivity index (χ1n) is 15.7. The molecule has 0 N–H and O–H groups in total. The second-order valence-corrected chi connectivity index (χ2v) is 15.3. The van der Waals surface area contributed by atoms with Gasteiger partial charge in [0.15, 0.2) is 0 Å². The monoisotopic (exact) mass is 587 g/mol. The van der Waals surface area contributed by atoms with Crippen molar-refractivity contribution in [3.63, 3.8) is 0 Å². The zero-order chi connectivity index (χ0) is 31.1. The number of para-hydroxylation sites is 1. The summed E-state index contributed by atoms with van der Waals surface area (Å²) in [4.78, 5) is 5.01. The van der Waals surface area contributed by atoms with E-state index in [1.165, 1.54) is 72.8 Å². The molecule has 0 saturated carbocycles. The molecule has 0 bridgehead atoms. The SMILES string of the molecule is Cc1cc2c3c(c1)N(c1ccccc1C)c1ccc([Si])cc1B3c1cc(C(C)(C)C)ccc1N2c1ccc(C(C)(C)C)cc1. The molecule has 2 nitrogen and oxygen atoms in total. The molecule has 4 heteroatoms. The van der Waals surface area contributed by atoms with Crippen molar-refractivity contribution in [2.24, 2.45) is 0 Å². The predicted molar refractivity (Wildman–Crippen MR) is 193 cm³/mol. The molecule has 5 aromatic rings. The molecular weight excluding hydrogens is 547 g/mol. The van der Waals surface area contributed by atoms with E-state index in [1.807, 2.05) is 0 Å². The minimum atomic E-state index is 0.0339. The lowest BCUT2D eigenvalue weighted by Crippen LogP contribution is -2.62. The van der Waals surface area contributed by atoms with Gasteiger partial charge < -0.3 is 9.80 Å².